The number of fused-ring (bicyclic) bond motifs is 2. The highest BCUT2D eigenvalue weighted by Crippen LogP contribution is 2.37. The number of allylic oxidation sites excluding steroid dienone is 1. The Bertz CT molecular complexity index is 954. The van der Waals surface area contributed by atoms with E-state index in [-0.39, 0.29) is 24.7 Å². The van der Waals surface area contributed by atoms with E-state index >= 15 is 0 Å². The minimum Gasteiger partial charge on any atom is -0.437 e. The van der Waals surface area contributed by atoms with Crippen molar-refractivity contribution in [2.45, 2.75) is 51.5 Å². The second-order valence-electron chi connectivity index (χ2n) is 7.73. The van der Waals surface area contributed by atoms with Gasteiger partial charge in [0, 0.05) is 31.1 Å². The molecule has 1 aliphatic carbocycles. The van der Waals surface area contributed by atoms with Crippen molar-refractivity contribution in [3.8, 4) is 11.6 Å². The monoisotopic (exact) mass is 405 g/mol. The van der Waals surface area contributed by atoms with Crippen molar-refractivity contribution < 1.29 is 14.3 Å². The van der Waals surface area contributed by atoms with Gasteiger partial charge in [-0.3, -0.25) is 9.59 Å². The lowest BCUT2D eigenvalue weighted by Gasteiger charge is -2.21. The summed E-state index contributed by atoms with van der Waals surface area (Å²) in [6.45, 7) is 1.03. The number of pyridine rings is 1. The van der Waals surface area contributed by atoms with Crippen molar-refractivity contribution in [1.29, 1.82) is 0 Å². The minimum atomic E-state index is -0.116. The van der Waals surface area contributed by atoms with Crippen molar-refractivity contribution in [1.82, 2.24) is 10.3 Å². The Kier molecular flexibility index (Phi) is 6.42. The van der Waals surface area contributed by atoms with Crippen molar-refractivity contribution in [2.75, 3.05) is 11.4 Å². The average Bonchev–Trinajstić information content (AvgIpc) is 2.95. The summed E-state index contributed by atoms with van der Waals surface area (Å²) in [5, 5.41) is 2.95. The number of benzene rings is 1. The number of rotatable bonds is 6. The molecule has 6 heteroatoms. The number of hydrogen-bond acceptors (Lipinski definition) is 4. The zero-order chi connectivity index (χ0) is 20.8. The molecule has 156 valence electrons. The number of para-hydroxylation sites is 1. The standard InChI is InChI=1S/C24H27N3O3/c28-22(25-16-14-18-7-2-1-3-8-18)12-13-23(29)27-17-19-9-4-5-11-21(19)30-24-20(27)10-6-15-26-24/h4-7,9-11,15H,1-3,8,12-14,16-17H2,(H,25,28). The molecule has 1 aromatic heterocycles. The van der Waals surface area contributed by atoms with Crippen LogP contribution in [-0.4, -0.2) is 23.3 Å². The molecule has 0 atom stereocenters. The maximum absolute atomic E-state index is 13.0. The van der Waals surface area contributed by atoms with Gasteiger partial charge >= 0.3 is 0 Å². The van der Waals surface area contributed by atoms with E-state index in [1.807, 2.05) is 30.3 Å². The summed E-state index contributed by atoms with van der Waals surface area (Å²) in [6, 6.07) is 11.2. The zero-order valence-electron chi connectivity index (χ0n) is 17.1. The molecular formula is C24H27N3O3. The van der Waals surface area contributed by atoms with E-state index in [0.29, 0.717) is 30.4 Å². The molecule has 0 radical (unpaired) electrons. The van der Waals surface area contributed by atoms with Gasteiger partial charge in [-0.05, 0) is 50.3 Å². The molecule has 1 aromatic carbocycles. The third kappa shape index (κ3) is 4.87. The zero-order valence-corrected chi connectivity index (χ0v) is 17.1. The van der Waals surface area contributed by atoms with Gasteiger partial charge in [0.15, 0.2) is 0 Å². The van der Waals surface area contributed by atoms with Crippen LogP contribution in [0.1, 0.15) is 50.5 Å². The number of nitrogens with zero attached hydrogens (tertiary/aromatic N) is 2. The highest BCUT2D eigenvalue weighted by molar-refractivity contribution is 5.96. The van der Waals surface area contributed by atoms with Gasteiger partial charge < -0.3 is 15.0 Å². The Balaban J connectivity index is 1.35. The number of ether oxygens (including phenoxy) is 1. The Morgan fingerprint density at radius 2 is 2.00 bits per heavy atom. The number of anilines is 1. The second-order valence-corrected chi connectivity index (χ2v) is 7.73. The molecule has 30 heavy (non-hydrogen) atoms. The van der Waals surface area contributed by atoms with E-state index in [4.69, 9.17) is 4.74 Å². The van der Waals surface area contributed by atoms with Crippen molar-refractivity contribution in [2.24, 2.45) is 0 Å². The van der Waals surface area contributed by atoms with Crippen molar-refractivity contribution in [3.63, 3.8) is 0 Å². The molecule has 0 saturated carbocycles. The van der Waals surface area contributed by atoms with E-state index in [1.54, 1.807) is 17.2 Å². The summed E-state index contributed by atoms with van der Waals surface area (Å²) in [5.74, 6) is 0.899. The van der Waals surface area contributed by atoms with Crippen LogP contribution < -0.4 is 15.0 Å². The number of amides is 2. The summed E-state index contributed by atoms with van der Waals surface area (Å²) < 4.78 is 5.93. The van der Waals surface area contributed by atoms with Crippen LogP contribution in [0, 0.1) is 0 Å². The fourth-order valence-electron chi connectivity index (χ4n) is 3.92. The normalized spacial score (nSPS) is 15.2. The number of carbonyl (C=O) groups excluding carboxylic acids is 2. The summed E-state index contributed by atoms with van der Waals surface area (Å²) in [4.78, 5) is 31.2. The minimum absolute atomic E-state index is 0.0855. The molecule has 1 N–H and O–H groups in total. The highest BCUT2D eigenvalue weighted by Gasteiger charge is 2.26. The largest absolute Gasteiger partial charge is 0.437 e. The summed E-state index contributed by atoms with van der Waals surface area (Å²) in [5.41, 5.74) is 2.97. The van der Waals surface area contributed by atoms with E-state index in [1.165, 1.54) is 18.4 Å². The first-order valence-electron chi connectivity index (χ1n) is 10.7. The highest BCUT2D eigenvalue weighted by atomic mass is 16.5. The van der Waals surface area contributed by atoms with Crippen LogP contribution in [0.3, 0.4) is 0 Å². The van der Waals surface area contributed by atoms with Gasteiger partial charge in [0.1, 0.15) is 11.4 Å². The lowest BCUT2D eigenvalue weighted by molar-refractivity contribution is -0.125. The molecular weight excluding hydrogens is 378 g/mol. The quantitative estimate of drug-likeness (QED) is 0.718. The van der Waals surface area contributed by atoms with Gasteiger partial charge in [-0.25, -0.2) is 4.98 Å². The first-order valence-corrected chi connectivity index (χ1v) is 10.7. The fraction of sp³-hybridized carbons (Fsp3) is 0.375. The van der Waals surface area contributed by atoms with Gasteiger partial charge in [0.2, 0.25) is 17.7 Å². The molecule has 6 nitrogen and oxygen atoms in total. The van der Waals surface area contributed by atoms with Crippen LogP contribution in [0.4, 0.5) is 5.69 Å². The van der Waals surface area contributed by atoms with Gasteiger partial charge in [-0.15, -0.1) is 0 Å². The summed E-state index contributed by atoms with van der Waals surface area (Å²) >= 11 is 0. The Labute approximate surface area is 176 Å². The Morgan fingerprint density at radius 1 is 1.10 bits per heavy atom. The molecule has 2 amide bonds. The molecule has 2 aromatic rings. The molecule has 0 unspecified atom stereocenters. The van der Waals surface area contributed by atoms with Crippen molar-refractivity contribution >= 4 is 17.5 Å². The average molecular weight is 405 g/mol. The number of nitrogens with one attached hydrogen (secondary N) is 1. The van der Waals surface area contributed by atoms with Crippen molar-refractivity contribution in [3.05, 3.63) is 59.8 Å². The predicted octanol–water partition coefficient (Wildman–Crippen LogP) is 4.51. The summed E-state index contributed by atoms with van der Waals surface area (Å²) in [7, 11) is 0. The van der Waals surface area contributed by atoms with Crippen LogP contribution in [0.25, 0.3) is 0 Å². The maximum Gasteiger partial charge on any atom is 0.243 e. The summed E-state index contributed by atoms with van der Waals surface area (Å²) in [6.07, 6.45) is 9.96. The van der Waals surface area contributed by atoms with E-state index in [9.17, 15) is 9.59 Å². The molecule has 0 saturated heterocycles. The van der Waals surface area contributed by atoms with Gasteiger partial charge in [0.25, 0.3) is 0 Å². The van der Waals surface area contributed by atoms with E-state index in [0.717, 1.165) is 24.8 Å². The van der Waals surface area contributed by atoms with Crippen LogP contribution in [-0.2, 0) is 16.1 Å². The first kappa shape index (κ1) is 20.1. The maximum atomic E-state index is 13.0. The third-order valence-corrected chi connectivity index (χ3v) is 5.57. The topological polar surface area (TPSA) is 71.5 Å². The molecule has 2 heterocycles. The molecule has 0 spiro atoms. The molecule has 1 aliphatic heterocycles. The Hall–Kier alpha value is -3.15. The third-order valence-electron chi connectivity index (χ3n) is 5.57. The van der Waals surface area contributed by atoms with Crippen LogP contribution in [0.15, 0.2) is 54.2 Å². The second kappa shape index (κ2) is 9.57. The van der Waals surface area contributed by atoms with Gasteiger partial charge in [0.05, 0.1) is 6.54 Å². The van der Waals surface area contributed by atoms with Crippen LogP contribution in [0.2, 0.25) is 0 Å². The lowest BCUT2D eigenvalue weighted by Crippen LogP contribution is -2.32. The predicted molar refractivity (Wildman–Crippen MR) is 115 cm³/mol. The molecule has 0 fully saturated rings. The number of carbonyl (C=O) groups is 2. The fourth-order valence-corrected chi connectivity index (χ4v) is 3.92. The van der Waals surface area contributed by atoms with E-state index < -0.39 is 0 Å². The van der Waals surface area contributed by atoms with Crippen LogP contribution >= 0.6 is 0 Å². The molecule has 0 bridgehead atoms. The Morgan fingerprint density at radius 3 is 2.87 bits per heavy atom. The number of hydrogen-bond donors (Lipinski definition) is 1. The van der Waals surface area contributed by atoms with Crippen LogP contribution in [0.5, 0.6) is 11.6 Å². The lowest BCUT2D eigenvalue weighted by atomic mass is 9.97. The molecule has 4 rings (SSSR count). The number of aromatic nitrogens is 1. The van der Waals surface area contributed by atoms with Gasteiger partial charge in [-0.2, -0.15) is 0 Å². The van der Waals surface area contributed by atoms with Gasteiger partial charge in [-0.1, -0.05) is 29.8 Å². The first-order chi connectivity index (χ1) is 14.7. The molecule has 2 aliphatic rings. The SMILES string of the molecule is O=C(CCC(=O)N1Cc2ccccc2Oc2ncccc21)NCCC1=CCCCC1. The smallest absolute Gasteiger partial charge is 0.243 e. The van der Waals surface area contributed by atoms with E-state index in [2.05, 4.69) is 16.4 Å².